The van der Waals surface area contributed by atoms with Crippen molar-refractivity contribution < 1.29 is 29.3 Å². The first-order valence-corrected chi connectivity index (χ1v) is 11.2. The van der Waals surface area contributed by atoms with Crippen molar-refractivity contribution in [2.75, 3.05) is 19.8 Å². The molecule has 2 aliphatic rings. The third-order valence-corrected chi connectivity index (χ3v) is 6.08. The van der Waals surface area contributed by atoms with E-state index < -0.39 is 42.4 Å². The van der Waals surface area contributed by atoms with Crippen LogP contribution in [0.1, 0.15) is 52.6 Å². The number of fused-ring (bicyclic) bond motifs is 1. The number of carbonyl (C=O) groups excluding carboxylic acids is 2. The van der Waals surface area contributed by atoms with Gasteiger partial charge in [-0.2, -0.15) is 0 Å². The van der Waals surface area contributed by atoms with Crippen molar-refractivity contribution in [2.24, 2.45) is 0 Å². The first-order chi connectivity index (χ1) is 16.4. The molecule has 2 amide bonds. The number of nitrogens with one attached hydrogen (secondary N) is 1. The Morgan fingerprint density at radius 2 is 1.65 bits per heavy atom. The summed E-state index contributed by atoms with van der Waals surface area (Å²) >= 11 is 0. The van der Waals surface area contributed by atoms with Gasteiger partial charge >= 0.3 is 5.69 Å². The van der Waals surface area contributed by atoms with Gasteiger partial charge in [-0.15, -0.1) is 0 Å². The number of unbranched alkanes of at least 4 members (excludes halogenated alkanes) is 3. The van der Waals surface area contributed by atoms with Gasteiger partial charge in [0.1, 0.15) is 18.3 Å². The molecule has 3 N–H and O–H groups in total. The van der Waals surface area contributed by atoms with E-state index in [1.807, 2.05) is 0 Å². The minimum Gasteiger partial charge on any atom is -0.394 e. The molecule has 3 heterocycles. The molecule has 1 aromatic carbocycles. The second-order valence-corrected chi connectivity index (χ2v) is 8.31. The molecule has 0 radical (unpaired) electrons. The van der Waals surface area contributed by atoms with Crippen LogP contribution in [0.15, 0.2) is 46.1 Å². The normalized spacial score (nSPS) is 24.1. The number of aliphatic hydroxyl groups is 2. The summed E-state index contributed by atoms with van der Waals surface area (Å²) in [5, 5.41) is 19.9. The van der Waals surface area contributed by atoms with Gasteiger partial charge in [0.15, 0.2) is 6.23 Å². The average Bonchev–Trinajstić information content (AvgIpc) is 3.27. The maximum absolute atomic E-state index is 12.4. The molecule has 182 valence electrons. The molecule has 0 aliphatic carbocycles. The van der Waals surface area contributed by atoms with Crippen LogP contribution in [0, 0.1) is 0 Å². The monoisotopic (exact) mass is 473 g/mol. The number of nitrogens with zero attached hydrogens (tertiary/aromatic N) is 2. The Kier molecular flexibility index (Phi) is 7.37. The highest BCUT2D eigenvalue weighted by Gasteiger charge is 2.45. The molecule has 11 nitrogen and oxygen atoms in total. The highest BCUT2D eigenvalue weighted by Crippen LogP contribution is 2.31. The highest BCUT2D eigenvalue weighted by atomic mass is 16.6. The van der Waals surface area contributed by atoms with Crippen LogP contribution < -0.4 is 11.2 Å². The lowest BCUT2D eigenvalue weighted by atomic mass is 10.1. The van der Waals surface area contributed by atoms with Crippen molar-refractivity contribution in [2.45, 2.75) is 50.2 Å². The van der Waals surface area contributed by atoms with E-state index in [4.69, 9.17) is 9.47 Å². The predicted molar refractivity (Wildman–Crippen MR) is 118 cm³/mol. The van der Waals surface area contributed by atoms with Crippen LogP contribution >= 0.6 is 0 Å². The second kappa shape index (κ2) is 10.4. The Morgan fingerprint density at radius 3 is 2.29 bits per heavy atom. The number of H-pyrrole nitrogens is 1. The van der Waals surface area contributed by atoms with E-state index in [2.05, 4.69) is 4.98 Å². The maximum Gasteiger partial charge on any atom is 0.330 e. The third kappa shape index (κ3) is 4.73. The van der Waals surface area contributed by atoms with E-state index in [9.17, 15) is 29.4 Å². The summed E-state index contributed by atoms with van der Waals surface area (Å²) in [6, 6.07) is 7.95. The van der Waals surface area contributed by atoms with Gasteiger partial charge in [0, 0.05) is 25.4 Å². The van der Waals surface area contributed by atoms with Crippen LogP contribution in [-0.2, 0) is 9.47 Å². The van der Waals surface area contributed by atoms with Crippen LogP contribution in [0.4, 0.5) is 0 Å². The largest absolute Gasteiger partial charge is 0.394 e. The number of aromatic nitrogens is 2. The molecule has 0 bridgehead atoms. The number of hydrogen-bond donors (Lipinski definition) is 3. The summed E-state index contributed by atoms with van der Waals surface area (Å²) in [5.41, 5.74) is -0.381. The number of carbonyl (C=O) groups is 2. The summed E-state index contributed by atoms with van der Waals surface area (Å²) in [6.07, 6.45) is 0.113. The Labute approximate surface area is 194 Å². The van der Waals surface area contributed by atoms with Gasteiger partial charge in [0.05, 0.1) is 17.7 Å². The first kappa shape index (κ1) is 24.0. The molecule has 34 heavy (non-hydrogen) atoms. The van der Waals surface area contributed by atoms with Crippen LogP contribution in [0.2, 0.25) is 0 Å². The third-order valence-electron chi connectivity index (χ3n) is 6.08. The van der Waals surface area contributed by atoms with E-state index in [1.54, 1.807) is 24.3 Å². The predicted octanol–water partition coefficient (Wildman–Crippen LogP) is 0.0290. The van der Waals surface area contributed by atoms with Crippen LogP contribution in [0.3, 0.4) is 0 Å². The zero-order valence-electron chi connectivity index (χ0n) is 18.5. The fourth-order valence-corrected chi connectivity index (χ4v) is 4.29. The van der Waals surface area contributed by atoms with E-state index >= 15 is 0 Å². The Hall–Kier alpha value is -3.12. The van der Waals surface area contributed by atoms with Gasteiger partial charge in [0.2, 0.25) is 0 Å². The lowest BCUT2D eigenvalue weighted by Gasteiger charge is -2.22. The molecule has 0 saturated carbocycles. The highest BCUT2D eigenvalue weighted by molar-refractivity contribution is 6.21. The molecule has 2 aliphatic heterocycles. The Morgan fingerprint density at radius 1 is 0.971 bits per heavy atom. The first-order valence-electron chi connectivity index (χ1n) is 11.2. The minimum absolute atomic E-state index is 0.263. The van der Waals surface area contributed by atoms with Crippen LogP contribution in [0.5, 0.6) is 0 Å². The number of rotatable bonds is 10. The van der Waals surface area contributed by atoms with Crippen molar-refractivity contribution in [1.29, 1.82) is 0 Å². The van der Waals surface area contributed by atoms with Gasteiger partial charge in [-0.3, -0.25) is 28.8 Å². The van der Waals surface area contributed by atoms with E-state index in [1.165, 1.54) is 11.1 Å². The van der Waals surface area contributed by atoms with Crippen molar-refractivity contribution >= 4 is 11.8 Å². The molecule has 4 atom stereocenters. The summed E-state index contributed by atoms with van der Waals surface area (Å²) in [6.45, 7) is 0.163. The number of benzene rings is 1. The van der Waals surface area contributed by atoms with Gasteiger partial charge < -0.3 is 19.7 Å². The summed E-state index contributed by atoms with van der Waals surface area (Å²) in [7, 11) is 0. The fraction of sp³-hybridized carbons (Fsp3) is 0.478. The summed E-state index contributed by atoms with van der Waals surface area (Å²) in [5.74, 6) is -0.526. The topological polar surface area (TPSA) is 151 Å². The van der Waals surface area contributed by atoms with Crippen LogP contribution in [0.25, 0.3) is 0 Å². The molecule has 1 unspecified atom stereocenters. The number of aromatic amines is 1. The number of hydrogen-bond acceptors (Lipinski definition) is 8. The van der Waals surface area contributed by atoms with Crippen molar-refractivity contribution in [3.05, 3.63) is 68.5 Å². The van der Waals surface area contributed by atoms with E-state index in [0.29, 0.717) is 30.5 Å². The molecule has 1 fully saturated rings. The van der Waals surface area contributed by atoms with Gasteiger partial charge in [-0.25, -0.2) is 4.79 Å². The van der Waals surface area contributed by atoms with E-state index in [0.717, 1.165) is 23.5 Å². The molecule has 1 saturated heterocycles. The number of aliphatic hydroxyl groups excluding tert-OH is 2. The quantitative estimate of drug-likeness (QED) is 0.323. The second-order valence-electron chi connectivity index (χ2n) is 8.31. The fourth-order valence-electron chi connectivity index (χ4n) is 4.29. The zero-order valence-corrected chi connectivity index (χ0v) is 18.5. The minimum atomic E-state index is -1.15. The lowest BCUT2D eigenvalue weighted by Crippen LogP contribution is -2.39. The molecule has 11 heteroatoms. The SMILES string of the molecule is O=C1c2ccccc2C(=O)N1CCCCCCO[C@H]1C(O)[C@@H](CO)O[C@H]1n1ccc(=O)[nH]c1=O. The molecule has 4 rings (SSSR count). The summed E-state index contributed by atoms with van der Waals surface area (Å²) < 4.78 is 12.5. The standard InChI is InChI=1S/C23H27N3O8/c27-13-16-18(29)19(22(34-16)26-11-9-17(28)24-23(26)32)33-12-6-2-1-5-10-25-20(30)14-7-3-4-8-15(14)21(25)31/h3-4,7-9,11,16,18-19,22,27,29H,1-2,5-6,10,12-13H2,(H,24,28,32)/t16-,18?,19+,22-/m1/s1. The van der Waals surface area contributed by atoms with Gasteiger partial charge in [0.25, 0.3) is 17.4 Å². The number of ether oxygens (including phenoxy) is 2. The van der Waals surface area contributed by atoms with Crippen LogP contribution in [-0.4, -0.2) is 74.5 Å². The Balaban J connectivity index is 1.23. The molecule has 2 aromatic rings. The molecule has 0 spiro atoms. The Bertz CT molecular complexity index is 1120. The maximum atomic E-state index is 12.4. The molecule has 1 aromatic heterocycles. The smallest absolute Gasteiger partial charge is 0.330 e. The molecular formula is C23H27N3O8. The number of imide groups is 1. The van der Waals surface area contributed by atoms with E-state index in [-0.39, 0.29) is 18.4 Å². The lowest BCUT2D eigenvalue weighted by molar-refractivity contribution is -0.0749. The van der Waals surface area contributed by atoms with Gasteiger partial charge in [-0.1, -0.05) is 25.0 Å². The number of amides is 2. The van der Waals surface area contributed by atoms with Crippen molar-refractivity contribution in [3.63, 3.8) is 0 Å². The molecular weight excluding hydrogens is 446 g/mol. The van der Waals surface area contributed by atoms with Gasteiger partial charge in [-0.05, 0) is 25.0 Å². The summed E-state index contributed by atoms with van der Waals surface area (Å²) in [4.78, 5) is 51.6. The average molecular weight is 473 g/mol. The van der Waals surface area contributed by atoms with Crippen molar-refractivity contribution in [1.82, 2.24) is 14.5 Å². The zero-order chi connectivity index (χ0) is 24.2. The van der Waals surface area contributed by atoms with Crippen molar-refractivity contribution in [3.8, 4) is 0 Å².